The molecule has 0 aliphatic heterocycles. The first kappa shape index (κ1) is 19.2. The normalized spacial score (nSPS) is 10.8. The third kappa shape index (κ3) is 6.13. The Balaban J connectivity index is 0.00000242. The zero-order valence-electron chi connectivity index (χ0n) is 12.4. The van der Waals surface area contributed by atoms with Crippen LogP contribution in [0, 0.1) is 0 Å². The molecule has 0 unspecified atom stereocenters. The van der Waals surface area contributed by atoms with Crippen molar-refractivity contribution < 1.29 is 4.74 Å². The van der Waals surface area contributed by atoms with E-state index in [0.717, 1.165) is 29.3 Å². The highest BCUT2D eigenvalue weighted by atomic mass is 127. The second-order valence-corrected chi connectivity index (χ2v) is 6.27. The van der Waals surface area contributed by atoms with E-state index in [1.54, 1.807) is 25.5 Å². The standard InChI is InChI=1S/C15H18BrN3OS.HI/c1-17-15(19-9-14-7-12(16)10-21-14)18-8-11-3-5-13(20-2)6-4-11;/h3-7,10H,8-9H2,1-2H3,(H2,17,18,19);1H. The summed E-state index contributed by atoms with van der Waals surface area (Å²) in [6, 6.07) is 10.1. The molecule has 0 amide bonds. The molecule has 7 heteroatoms. The zero-order valence-corrected chi connectivity index (χ0v) is 17.2. The molecule has 2 N–H and O–H groups in total. The van der Waals surface area contributed by atoms with Crippen molar-refractivity contribution in [3.05, 3.63) is 50.6 Å². The summed E-state index contributed by atoms with van der Waals surface area (Å²) in [6.07, 6.45) is 0. The van der Waals surface area contributed by atoms with Crippen LogP contribution in [0.4, 0.5) is 0 Å². The van der Waals surface area contributed by atoms with Crippen molar-refractivity contribution in [3.8, 4) is 5.75 Å². The summed E-state index contributed by atoms with van der Waals surface area (Å²) < 4.78 is 6.26. The number of thiophene rings is 1. The number of ether oxygens (including phenoxy) is 1. The van der Waals surface area contributed by atoms with Crippen LogP contribution in [0.3, 0.4) is 0 Å². The minimum Gasteiger partial charge on any atom is -0.497 e. The smallest absolute Gasteiger partial charge is 0.191 e. The molecule has 0 atom stereocenters. The summed E-state index contributed by atoms with van der Waals surface area (Å²) in [5, 5.41) is 8.66. The molecule has 0 radical (unpaired) electrons. The molecule has 0 spiro atoms. The topological polar surface area (TPSA) is 45.7 Å². The van der Waals surface area contributed by atoms with Gasteiger partial charge < -0.3 is 15.4 Å². The van der Waals surface area contributed by atoms with Gasteiger partial charge in [-0.05, 0) is 39.7 Å². The van der Waals surface area contributed by atoms with Gasteiger partial charge in [0, 0.05) is 28.3 Å². The van der Waals surface area contributed by atoms with E-state index in [-0.39, 0.29) is 24.0 Å². The highest BCUT2D eigenvalue weighted by molar-refractivity contribution is 14.0. The fourth-order valence-corrected chi connectivity index (χ4v) is 3.16. The molecule has 1 heterocycles. The molecule has 2 rings (SSSR count). The van der Waals surface area contributed by atoms with E-state index in [0.29, 0.717) is 0 Å². The quantitative estimate of drug-likeness (QED) is 0.374. The lowest BCUT2D eigenvalue weighted by molar-refractivity contribution is 0.414. The molecule has 120 valence electrons. The van der Waals surface area contributed by atoms with E-state index in [9.17, 15) is 0 Å². The molecule has 22 heavy (non-hydrogen) atoms. The van der Waals surface area contributed by atoms with E-state index >= 15 is 0 Å². The number of hydrogen-bond acceptors (Lipinski definition) is 3. The van der Waals surface area contributed by atoms with Gasteiger partial charge in [-0.25, -0.2) is 0 Å². The molecule has 1 aromatic carbocycles. The molecule has 2 aromatic rings. The molecule has 1 aromatic heterocycles. The first-order chi connectivity index (χ1) is 10.2. The van der Waals surface area contributed by atoms with Crippen LogP contribution in [0.25, 0.3) is 0 Å². The number of nitrogens with one attached hydrogen (secondary N) is 2. The van der Waals surface area contributed by atoms with Gasteiger partial charge in [0.25, 0.3) is 0 Å². The fourth-order valence-electron chi connectivity index (χ4n) is 1.77. The van der Waals surface area contributed by atoms with Crippen LogP contribution < -0.4 is 15.4 Å². The Bertz CT molecular complexity index is 601. The number of nitrogens with zero attached hydrogens (tertiary/aromatic N) is 1. The molecule has 4 nitrogen and oxygen atoms in total. The van der Waals surface area contributed by atoms with Crippen LogP contribution in [-0.4, -0.2) is 20.1 Å². The summed E-state index contributed by atoms with van der Waals surface area (Å²) in [5.74, 6) is 1.65. The van der Waals surface area contributed by atoms with E-state index < -0.39 is 0 Å². The van der Waals surface area contributed by atoms with Gasteiger partial charge in [-0.2, -0.15) is 0 Å². The Morgan fingerprint density at radius 2 is 1.91 bits per heavy atom. The lowest BCUT2D eigenvalue weighted by Crippen LogP contribution is -2.36. The van der Waals surface area contributed by atoms with Gasteiger partial charge in [-0.15, -0.1) is 35.3 Å². The third-order valence-electron chi connectivity index (χ3n) is 2.89. The van der Waals surface area contributed by atoms with E-state index in [2.05, 4.69) is 43.0 Å². The summed E-state index contributed by atoms with van der Waals surface area (Å²) in [7, 11) is 3.44. The molecular weight excluding hydrogens is 477 g/mol. The zero-order chi connectivity index (χ0) is 15.1. The Hall–Kier alpha value is -0.800. The monoisotopic (exact) mass is 495 g/mol. The van der Waals surface area contributed by atoms with Crippen molar-refractivity contribution in [2.75, 3.05) is 14.2 Å². The molecule has 0 fully saturated rings. The van der Waals surface area contributed by atoms with Crippen LogP contribution in [0.5, 0.6) is 5.75 Å². The summed E-state index contributed by atoms with van der Waals surface area (Å²) >= 11 is 5.17. The second-order valence-electron chi connectivity index (χ2n) is 4.36. The van der Waals surface area contributed by atoms with Gasteiger partial charge in [0.05, 0.1) is 13.7 Å². The number of halogens is 2. The maximum absolute atomic E-state index is 5.15. The van der Waals surface area contributed by atoms with Gasteiger partial charge in [-0.1, -0.05) is 12.1 Å². The summed E-state index contributed by atoms with van der Waals surface area (Å²) in [6.45, 7) is 1.48. The Morgan fingerprint density at radius 3 is 2.45 bits per heavy atom. The maximum atomic E-state index is 5.15. The Morgan fingerprint density at radius 1 is 1.23 bits per heavy atom. The average Bonchev–Trinajstić information content (AvgIpc) is 2.93. The van der Waals surface area contributed by atoms with Crippen molar-refractivity contribution in [2.45, 2.75) is 13.1 Å². The third-order valence-corrected chi connectivity index (χ3v) is 4.59. The van der Waals surface area contributed by atoms with E-state index in [1.165, 1.54) is 10.4 Å². The average molecular weight is 496 g/mol. The highest BCUT2D eigenvalue weighted by Gasteiger charge is 2.01. The van der Waals surface area contributed by atoms with E-state index in [4.69, 9.17) is 4.74 Å². The van der Waals surface area contributed by atoms with Crippen LogP contribution in [0.15, 0.2) is 45.2 Å². The van der Waals surface area contributed by atoms with Gasteiger partial charge in [0.15, 0.2) is 5.96 Å². The minimum atomic E-state index is 0. The fraction of sp³-hybridized carbons (Fsp3) is 0.267. The van der Waals surface area contributed by atoms with Crippen LogP contribution in [0.1, 0.15) is 10.4 Å². The number of hydrogen-bond donors (Lipinski definition) is 2. The van der Waals surface area contributed by atoms with Crippen molar-refractivity contribution in [1.29, 1.82) is 0 Å². The minimum absolute atomic E-state index is 0. The maximum Gasteiger partial charge on any atom is 0.191 e. The van der Waals surface area contributed by atoms with E-state index in [1.807, 2.05) is 24.3 Å². The second kappa shape index (κ2) is 10.1. The summed E-state index contributed by atoms with van der Waals surface area (Å²) in [5.41, 5.74) is 1.18. The molecular formula is C15H19BrIN3OS. The summed E-state index contributed by atoms with van der Waals surface area (Å²) in [4.78, 5) is 5.48. The molecule has 0 saturated heterocycles. The number of rotatable bonds is 5. The van der Waals surface area contributed by atoms with Crippen LogP contribution in [0.2, 0.25) is 0 Å². The number of aliphatic imine (C=N–C) groups is 1. The lowest BCUT2D eigenvalue weighted by Gasteiger charge is -2.11. The van der Waals surface area contributed by atoms with Crippen molar-refractivity contribution >= 4 is 57.2 Å². The first-order valence-corrected chi connectivity index (χ1v) is 8.19. The van der Waals surface area contributed by atoms with Gasteiger partial charge in [0.2, 0.25) is 0 Å². The largest absolute Gasteiger partial charge is 0.497 e. The van der Waals surface area contributed by atoms with Crippen LogP contribution in [-0.2, 0) is 13.1 Å². The number of benzene rings is 1. The molecule has 0 saturated carbocycles. The predicted molar refractivity (Wildman–Crippen MR) is 107 cm³/mol. The van der Waals surface area contributed by atoms with Gasteiger partial charge in [-0.3, -0.25) is 4.99 Å². The predicted octanol–water partition coefficient (Wildman–Crippen LogP) is 4.00. The number of guanidine groups is 1. The SMILES string of the molecule is CN=C(NCc1ccc(OC)cc1)NCc1cc(Br)cs1.I. The Labute approximate surface area is 160 Å². The van der Waals surface area contributed by atoms with Crippen molar-refractivity contribution in [2.24, 2.45) is 4.99 Å². The number of methoxy groups -OCH3 is 1. The first-order valence-electron chi connectivity index (χ1n) is 6.51. The van der Waals surface area contributed by atoms with Crippen molar-refractivity contribution in [3.63, 3.8) is 0 Å². The lowest BCUT2D eigenvalue weighted by atomic mass is 10.2. The van der Waals surface area contributed by atoms with Gasteiger partial charge in [0.1, 0.15) is 5.75 Å². The highest BCUT2D eigenvalue weighted by Crippen LogP contribution is 2.19. The molecule has 0 bridgehead atoms. The molecule has 0 aliphatic rings. The van der Waals surface area contributed by atoms with Crippen LogP contribution >= 0.6 is 51.2 Å². The Kier molecular flexibility index (Phi) is 8.81. The van der Waals surface area contributed by atoms with Gasteiger partial charge >= 0.3 is 0 Å². The van der Waals surface area contributed by atoms with Crippen molar-refractivity contribution in [1.82, 2.24) is 10.6 Å². The molecule has 0 aliphatic carbocycles.